The lowest BCUT2D eigenvalue weighted by Gasteiger charge is -2.17. The zero-order valence-electron chi connectivity index (χ0n) is 16.0. The predicted octanol–water partition coefficient (Wildman–Crippen LogP) is -0.624. The summed E-state index contributed by atoms with van der Waals surface area (Å²) in [7, 11) is 0. The number of anilines is 1. The first-order valence-electron chi connectivity index (χ1n) is 9.59. The van der Waals surface area contributed by atoms with Gasteiger partial charge in [-0.3, -0.25) is 15.1 Å². The quantitative estimate of drug-likeness (QED) is 0.469. The van der Waals surface area contributed by atoms with Gasteiger partial charge in [0.25, 0.3) is 0 Å². The highest BCUT2D eigenvalue weighted by Crippen LogP contribution is 2.32. The van der Waals surface area contributed by atoms with Gasteiger partial charge in [0.2, 0.25) is 5.91 Å². The molecule has 0 saturated carbocycles. The van der Waals surface area contributed by atoms with Crippen LogP contribution >= 0.6 is 0 Å². The molecule has 2 aromatic rings. The van der Waals surface area contributed by atoms with Gasteiger partial charge in [-0.25, -0.2) is 15.0 Å². The summed E-state index contributed by atoms with van der Waals surface area (Å²) in [6.45, 7) is 1.25. The molecule has 4 heterocycles. The van der Waals surface area contributed by atoms with E-state index in [4.69, 9.17) is 19.9 Å². The van der Waals surface area contributed by atoms with Crippen molar-refractivity contribution in [3.8, 4) is 0 Å². The number of aliphatic hydroxyl groups is 2. The molecule has 0 spiro atoms. The summed E-state index contributed by atoms with van der Waals surface area (Å²) in [6.07, 6.45) is 2.25. The van der Waals surface area contributed by atoms with E-state index in [1.165, 1.54) is 25.0 Å². The van der Waals surface area contributed by atoms with Crippen LogP contribution in [-0.4, -0.2) is 79.8 Å². The Morgan fingerprint density at radius 2 is 2.23 bits per heavy atom. The summed E-state index contributed by atoms with van der Waals surface area (Å²) in [4.78, 5) is 23.5. The van der Waals surface area contributed by atoms with Gasteiger partial charge in [-0.1, -0.05) is 0 Å². The van der Waals surface area contributed by atoms with E-state index in [1.807, 2.05) is 0 Å². The van der Waals surface area contributed by atoms with Crippen molar-refractivity contribution >= 4 is 22.9 Å². The van der Waals surface area contributed by atoms with Crippen molar-refractivity contribution in [3.05, 3.63) is 25.0 Å². The molecule has 0 unspecified atom stereocenters. The summed E-state index contributed by atoms with van der Waals surface area (Å²) in [6, 6.07) is 0.142. The van der Waals surface area contributed by atoms with E-state index in [2.05, 4.69) is 20.3 Å². The fraction of sp³-hybridized carbons (Fsp3) is 0.556. The Morgan fingerprint density at radius 3 is 3.00 bits per heavy atom. The van der Waals surface area contributed by atoms with Crippen LogP contribution in [0.2, 0.25) is 0 Å². The van der Waals surface area contributed by atoms with Crippen LogP contribution in [0, 0.1) is 0 Å². The van der Waals surface area contributed by atoms with Crippen LogP contribution in [0.3, 0.4) is 0 Å². The normalized spacial score (nSPS) is 29.1. The third kappa shape index (κ3) is 4.21. The molecule has 2 saturated heterocycles. The maximum Gasteiger partial charge on any atom is 0.242 e. The van der Waals surface area contributed by atoms with Gasteiger partial charge in [-0.05, 0) is 12.5 Å². The van der Waals surface area contributed by atoms with Crippen LogP contribution in [-0.2, 0) is 19.0 Å². The Hall–Kier alpha value is -2.80. The number of amides is 1. The molecule has 12 heteroatoms. The Bertz CT molecular complexity index is 914. The zero-order chi connectivity index (χ0) is 21.1. The van der Waals surface area contributed by atoms with Gasteiger partial charge in [0, 0.05) is 13.0 Å². The van der Waals surface area contributed by atoms with E-state index in [0.29, 0.717) is 30.2 Å². The summed E-state index contributed by atoms with van der Waals surface area (Å²) < 4.78 is 18.0. The molecule has 2 aliphatic heterocycles. The Balaban J connectivity index is 1.46. The lowest BCUT2D eigenvalue weighted by atomic mass is 10.1. The Kier molecular flexibility index (Phi) is 6.08. The maximum atomic E-state index is 10.6. The smallest absolute Gasteiger partial charge is 0.242 e. The lowest BCUT2D eigenvalue weighted by molar-refractivity contribution is -0.117. The second-order valence-corrected chi connectivity index (χ2v) is 7.13. The van der Waals surface area contributed by atoms with E-state index in [-0.39, 0.29) is 19.1 Å². The number of nitrogens with zero attached hydrogens (tertiary/aromatic N) is 4. The molecule has 0 aromatic carbocycles. The minimum absolute atomic E-state index is 0.0342. The SMILES string of the molecule is [NH]C(=O)CC=COC[C@H]1O[C@@H](n2cnc3c(N[C@@H]4CCOC4)ncnc32)[C@H](O)[C@H]1O. The first-order chi connectivity index (χ1) is 14.5. The van der Waals surface area contributed by atoms with Crippen molar-refractivity contribution in [2.45, 2.75) is 43.4 Å². The van der Waals surface area contributed by atoms with Gasteiger partial charge in [0.05, 0.1) is 25.2 Å². The molecule has 4 N–H and O–H groups in total. The number of fused-ring (bicyclic) bond motifs is 1. The van der Waals surface area contributed by atoms with Crippen molar-refractivity contribution in [1.82, 2.24) is 25.3 Å². The van der Waals surface area contributed by atoms with Crippen LogP contribution in [0.15, 0.2) is 25.0 Å². The van der Waals surface area contributed by atoms with Crippen LogP contribution in [0.1, 0.15) is 19.1 Å². The average Bonchev–Trinajstić information content (AvgIpc) is 3.44. The minimum Gasteiger partial charge on any atom is -0.499 e. The van der Waals surface area contributed by atoms with Crippen molar-refractivity contribution in [3.63, 3.8) is 0 Å². The third-order valence-electron chi connectivity index (χ3n) is 5.00. The van der Waals surface area contributed by atoms with Gasteiger partial charge in [0.15, 0.2) is 23.2 Å². The molecule has 2 aliphatic rings. The average molecular weight is 419 g/mol. The number of hydrogen-bond acceptors (Lipinski definition) is 10. The Labute approximate surface area is 171 Å². The van der Waals surface area contributed by atoms with E-state index >= 15 is 0 Å². The fourth-order valence-electron chi connectivity index (χ4n) is 3.46. The maximum absolute atomic E-state index is 10.6. The summed E-state index contributed by atoms with van der Waals surface area (Å²) >= 11 is 0. The standard InChI is InChI=1S/C18H23N6O6/c19-12(25)2-1-4-28-7-11-14(26)15(27)18(30-11)24-9-22-13-16(20-8-21-17(13)24)23-10-3-5-29-6-10/h1,4,8-11,14-15,18-19,26-27H,2-3,5-7H2,(H,20,21,23)/t10-,11-,14+,15-,18-/m1/s1. The molecule has 1 radical (unpaired) electrons. The number of hydrogen-bond donors (Lipinski definition) is 3. The van der Waals surface area contributed by atoms with Gasteiger partial charge in [-0.2, -0.15) is 0 Å². The number of rotatable bonds is 8. The zero-order valence-corrected chi connectivity index (χ0v) is 16.0. The molecule has 161 valence electrons. The summed E-state index contributed by atoms with van der Waals surface area (Å²) in [5.74, 6) is -0.165. The third-order valence-corrected chi connectivity index (χ3v) is 5.00. The van der Waals surface area contributed by atoms with Crippen molar-refractivity contribution < 1.29 is 29.2 Å². The number of carbonyl (C=O) groups is 1. The predicted molar refractivity (Wildman–Crippen MR) is 102 cm³/mol. The van der Waals surface area contributed by atoms with E-state index in [0.717, 1.165) is 6.42 Å². The molecule has 5 atom stereocenters. The molecule has 2 aromatic heterocycles. The van der Waals surface area contributed by atoms with E-state index in [9.17, 15) is 15.0 Å². The molecule has 30 heavy (non-hydrogen) atoms. The number of aliphatic hydroxyl groups excluding tert-OH is 2. The Morgan fingerprint density at radius 1 is 1.37 bits per heavy atom. The number of nitrogens with one attached hydrogen (secondary N) is 2. The van der Waals surface area contributed by atoms with Crippen molar-refractivity contribution in [2.75, 3.05) is 25.1 Å². The van der Waals surface area contributed by atoms with E-state index < -0.39 is 30.4 Å². The van der Waals surface area contributed by atoms with Crippen LogP contribution in [0.25, 0.3) is 11.2 Å². The van der Waals surface area contributed by atoms with Gasteiger partial charge in [-0.15, -0.1) is 0 Å². The first kappa shape index (κ1) is 20.5. The fourth-order valence-corrected chi connectivity index (χ4v) is 3.46. The lowest BCUT2D eigenvalue weighted by Crippen LogP contribution is -2.33. The largest absolute Gasteiger partial charge is 0.499 e. The molecule has 4 rings (SSSR count). The molecular formula is C18H23N6O6. The monoisotopic (exact) mass is 419 g/mol. The second kappa shape index (κ2) is 8.92. The number of carbonyl (C=O) groups excluding carboxylic acids is 1. The summed E-state index contributed by atoms with van der Waals surface area (Å²) in [5.41, 5.74) is 7.80. The number of aromatic nitrogens is 4. The number of imidazole rings is 1. The molecule has 1 amide bonds. The van der Waals surface area contributed by atoms with Gasteiger partial charge < -0.3 is 29.7 Å². The van der Waals surface area contributed by atoms with Crippen molar-refractivity contribution in [2.24, 2.45) is 0 Å². The highest BCUT2D eigenvalue weighted by molar-refractivity contribution is 5.82. The van der Waals surface area contributed by atoms with Gasteiger partial charge in [0.1, 0.15) is 31.2 Å². The molecule has 2 fully saturated rings. The highest BCUT2D eigenvalue weighted by atomic mass is 16.6. The molecular weight excluding hydrogens is 396 g/mol. The summed E-state index contributed by atoms with van der Waals surface area (Å²) in [5, 5.41) is 24.1. The van der Waals surface area contributed by atoms with Gasteiger partial charge >= 0.3 is 0 Å². The van der Waals surface area contributed by atoms with Crippen LogP contribution in [0.5, 0.6) is 0 Å². The first-order valence-corrected chi connectivity index (χ1v) is 9.59. The van der Waals surface area contributed by atoms with Crippen LogP contribution in [0.4, 0.5) is 5.82 Å². The molecule has 12 nitrogen and oxygen atoms in total. The van der Waals surface area contributed by atoms with E-state index in [1.54, 1.807) is 4.57 Å². The molecule has 0 aliphatic carbocycles. The topological polar surface area (TPSA) is 165 Å². The van der Waals surface area contributed by atoms with Crippen LogP contribution < -0.4 is 11.1 Å². The van der Waals surface area contributed by atoms with Crippen molar-refractivity contribution in [1.29, 1.82) is 0 Å². The highest BCUT2D eigenvalue weighted by Gasteiger charge is 2.44. The molecule has 0 bridgehead atoms. The second-order valence-electron chi connectivity index (χ2n) is 7.13. The minimum atomic E-state index is -1.22. The number of ether oxygens (including phenoxy) is 3.